The molecule has 3 heteroatoms. The highest BCUT2D eigenvalue weighted by Gasteiger charge is 2.33. The fourth-order valence-corrected chi connectivity index (χ4v) is 3.90. The summed E-state index contributed by atoms with van der Waals surface area (Å²) in [6.45, 7) is 12.3. The lowest BCUT2D eigenvalue weighted by Gasteiger charge is -2.32. The number of carbonyl (C=O) groups is 1. The number of aromatic carboxylic acids is 1. The van der Waals surface area contributed by atoms with Crippen molar-refractivity contribution >= 4 is 5.97 Å². The maximum absolute atomic E-state index is 12.0. The van der Waals surface area contributed by atoms with E-state index in [4.69, 9.17) is 0 Å². The Balaban J connectivity index is 2.24. The van der Waals surface area contributed by atoms with Crippen LogP contribution in [0.25, 0.3) is 0 Å². The molecule has 0 radical (unpaired) electrons. The summed E-state index contributed by atoms with van der Waals surface area (Å²) in [5.41, 5.74) is 4.85. The average Bonchev–Trinajstić information content (AvgIpc) is 2.68. The van der Waals surface area contributed by atoms with Crippen molar-refractivity contribution < 1.29 is 15.0 Å². The van der Waals surface area contributed by atoms with E-state index in [1.165, 1.54) is 5.56 Å². The molecule has 30 heavy (non-hydrogen) atoms. The van der Waals surface area contributed by atoms with Gasteiger partial charge in [-0.05, 0) is 36.6 Å². The van der Waals surface area contributed by atoms with Crippen LogP contribution in [0.3, 0.4) is 0 Å². The van der Waals surface area contributed by atoms with Crippen molar-refractivity contribution in [1.82, 2.24) is 0 Å². The molecule has 3 nitrogen and oxygen atoms in total. The summed E-state index contributed by atoms with van der Waals surface area (Å²) < 4.78 is 0. The number of aryl methyl sites for hydroxylation is 2. The molecule has 0 saturated heterocycles. The molecule has 0 amide bonds. The van der Waals surface area contributed by atoms with Crippen molar-refractivity contribution in [3.8, 4) is 5.75 Å². The molecular weight excluding hydrogens is 372 g/mol. The highest BCUT2D eigenvalue weighted by molar-refractivity contribution is 5.92. The number of phenols is 1. The number of carboxylic acid groups (broad SMARTS) is 1. The molecule has 156 valence electrons. The number of hydrogen-bond acceptors (Lipinski definition) is 2. The van der Waals surface area contributed by atoms with E-state index in [2.05, 4.69) is 38.1 Å². The van der Waals surface area contributed by atoms with Gasteiger partial charge in [0.15, 0.2) is 0 Å². The van der Waals surface area contributed by atoms with E-state index in [1.54, 1.807) is 6.07 Å². The SMILES string of the molecule is Cc1ccc(C(C)(C)c2cc(C(=O)O)c(O)c(C(C)(C)c3ccc(C)cc3)c2)cc1. The molecule has 0 saturated carbocycles. The second-order valence-electron chi connectivity index (χ2n) is 9.21. The second-order valence-corrected chi connectivity index (χ2v) is 9.21. The Kier molecular flexibility index (Phi) is 5.51. The first-order chi connectivity index (χ1) is 13.9. The van der Waals surface area contributed by atoms with Crippen molar-refractivity contribution in [1.29, 1.82) is 0 Å². The predicted octanol–water partition coefficient (Wildman–Crippen LogP) is 6.36. The maximum Gasteiger partial charge on any atom is 0.339 e. The Labute approximate surface area is 179 Å². The summed E-state index contributed by atoms with van der Waals surface area (Å²) in [7, 11) is 0. The molecule has 0 aliphatic heterocycles. The van der Waals surface area contributed by atoms with E-state index in [0.29, 0.717) is 5.56 Å². The van der Waals surface area contributed by atoms with Gasteiger partial charge in [-0.3, -0.25) is 0 Å². The highest BCUT2D eigenvalue weighted by Crippen LogP contribution is 2.43. The van der Waals surface area contributed by atoms with E-state index in [1.807, 2.05) is 58.0 Å². The smallest absolute Gasteiger partial charge is 0.339 e. The van der Waals surface area contributed by atoms with E-state index < -0.39 is 16.8 Å². The van der Waals surface area contributed by atoms with Crippen LogP contribution in [0.5, 0.6) is 5.75 Å². The first-order valence-electron chi connectivity index (χ1n) is 10.2. The van der Waals surface area contributed by atoms with Gasteiger partial charge in [-0.2, -0.15) is 0 Å². The van der Waals surface area contributed by atoms with Crippen LogP contribution in [0.1, 0.15) is 71.4 Å². The number of carboxylic acids is 1. The summed E-state index contributed by atoms with van der Waals surface area (Å²) in [5.74, 6) is -1.30. The summed E-state index contributed by atoms with van der Waals surface area (Å²) in [5, 5.41) is 20.7. The monoisotopic (exact) mass is 402 g/mol. The Morgan fingerprint density at radius 2 is 1.13 bits per heavy atom. The zero-order valence-electron chi connectivity index (χ0n) is 18.6. The molecule has 0 bridgehead atoms. The van der Waals surface area contributed by atoms with Crippen LogP contribution in [0.15, 0.2) is 60.7 Å². The van der Waals surface area contributed by atoms with Crippen LogP contribution >= 0.6 is 0 Å². The molecule has 0 aliphatic rings. The summed E-state index contributed by atoms with van der Waals surface area (Å²) in [6.07, 6.45) is 0. The molecular formula is C27H30O3. The van der Waals surface area contributed by atoms with Gasteiger partial charge in [0.2, 0.25) is 0 Å². The van der Waals surface area contributed by atoms with E-state index >= 15 is 0 Å². The first-order valence-corrected chi connectivity index (χ1v) is 10.2. The van der Waals surface area contributed by atoms with Gasteiger partial charge in [-0.1, -0.05) is 93.4 Å². The van der Waals surface area contributed by atoms with Gasteiger partial charge in [-0.25, -0.2) is 4.79 Å². The number of hydrogen-bond donors (Lipinski definition) is 2. The lowest BCUT2D eigenvalue weighted by Crippen LogP contribution is -2.24. The molecule has 0 atom stereocenters. The lowest BCUT2D eigenvalue weighted by molar-refractivity contribution is 0.0693. The van der Waals surface area contributed by atoms with Crippen molar-refractivity contribution in [2.45, 2.75) is 52.4 Å². The van der Waals surface area contributed by atoms with Gasteiger partial charge >= 0.3 is 5.97 Å². The van der Waals surface area contributed by atoms with Gasteiger partial charge in [0.25, 0.3) is 0 Å². The van der Waals surface area contributed by atoms with E-state index in [0.717, 1.165) is 22.3 Å². The van der Waals surface area contributed by atoms with Crippen LogP contribution in [0.4, 0.5) is 0 Å². The van der Waals surface area contributed by atoms with Crippen molar-refractivity contribution in [2.24, 2.45) is 0 Å². The van der Waals surface area contributed by atoms with E-state index in [9.17, 15) is 15.0 Å². The number of rotatable bonds is 5. The molecule has 0 spiro atoms. The molecule has 3 aromatic carbocycles. The quantitative estimate of drug-likeness (QED) is 0.522. The third-order valence-electron chi connectivity index (χ3n) is 6.28. The minimum Gasteiger partial charge on any atom is -0.507 e. The van der Waals surface area contributed by atoms with Crippen LogP contribution in [0, 0.1) is 13.8 Å². The Morgan fingerprint density at radius 3 is 1.57 bits per heavy atom. The van der Waals surface area contributed by atoms with E-state index in [-0.39, 0.29) is 11.3 Å². The van der Waals surface area contributed by atoms with Crippen LogP contribution < -0.4 is 0 Å². The number of aromatic hydroxyl groups is 1. The zero-order valence-corrected chi connectivity index (χ0v) is 18.6. The highest BCUT2D eigenvalue weighted by atomic mass is 16.4. The minimum absolute atomic E-state index is 0.0668. The van der Waals surface area contributed by atoms with Crippen LogP contribution in [-0.4, -0.2) is 16.2 Å². The molecule has 0 aliphatic carbocycles. The Bertz CT molecular complexity index is 1070. The van der Waals surface area contributed by atoms with Crippen molar-refractivity contribution in [3.63, 3.8) is 0 Å². The molecule has 3 rings (SSSR count). The first kappa shape index (κ1) is 21.6. The summed E-state index contributed by atoms with van der Waals surface area (Å²) >= 11 is 0. The molecule has 0 aromatic heterocycles. The van der Waals surface area contributed by atoms with Crippen LogP contribution in [-0.2, 0) is 10.8 Å². The minimum atomic E-state index is -1.13. The fraction of sp³-hybridized carbons (Fsp3) is 0.296. The topological polar surface area (TPSA) is 57.5 Å². The predicted molar refractivity (Wildman–Crippen MR) is 122 cm³/mol. The lowest BCUT2D eigenvalue weighted by atomic mass is 9.72. The average molecular weight is 403 g/mol. The fourth-order valence-electron chi connectivity index (χ4n) is 3.90. The van der Waals surface area contributed by atoms with Crippen molar-refractivity contribution in [2.75, 3.05) is 0 Å². The maximum atomic E-state index is 12.0. The third-order valence-corrected chi connectivity index (χ3v) is 6.28. The molecule has 0 heterocycles. The molecule has 0 unspecified atom stereocenters. The summed E-state index contributed by atoms with van der Waals surface area (Å²) in [4.78, 5) is 12.0. The Morgan fingerprint density at radius 1 is 0.700 bits per heavy atom. The zero-order chi connectivity index (χ0) is 22.3. The summed E-state index contributed by atoms with van der Waals surface area (Å²) in [6, 6.07) is 20.0. The largest absolute Gasteiger partial charge is 0.507 e. The van der Waals surface area contributed by atoms with Crippen LogP contribution in [0.2, 0.25) is 0 Å². The van der Waals surface area contributed by atoms with Gasteiger partial charge in [0.05, 0.1) is 0 Å². The van der Waals surface area contributed by atoms with Crippen molar-refractivity contribution in [3.05, 3.63) is 99.6 Å². The van der Waals surface area contributed by atoms with Gasteiger partial charge in [0, 0.05) is 16.4 Å². The van der Waals surface area contributed by atoms with Gasteiger partial charge in [0.1, 0.15) is 11.3 Å². The standard InChI is InChI=1S/C27H30O3/c1-17-7-11-19(12-8-17)26(3,4)21-15-22(25(29)30)24(28)23(16-21)27(5,6)20-13-9-18(2)10-14-20/h7-16,28H,1-6H3,(H,29,30). The molecule has 2 N–H and O–H groups in total. The normalized spacial score (nSPS) is 12.1. The Hall–Kier alpha value is -3.07. The molecule has 0 fully saturated rings. The third kappa shape index (κ3) is 3.85. The second kappa shape index (κ2) is 7.64. The van der Waals surface area contributed by atoms with Gasteiger partial charge < -0.3 is 10.2 Å². The van der Waals surface area contributed by atoms with Gasteiger partial charge in [-0.15, -0.1) is 0 Å². The molecule has 3 aromatic rings. The number of benzene rings is 3.